The van der Waals surface area contributed by atoms with Crippen LogP contribution in [0.2, 0.25) is 5.02 Å². The lowest BCUT2D eigenvalue weighted by Gasteiger charge is -2.08. The van der Waals surface area contributed by atoms with E-state index in [1.54, 1.807) is 72.8 Å². The van der Waals surface area contributed by atoms with Crippen molar-refractivity contribution in [3.63, 3.8) is 0 Å². The molecule has 8 nitrogen and oxygen atoms in total. The Hall–Kier alpha value is -4.17. The minimum atomic E-state index is -0.556. The Morgan fingerprint density at radius 1 is 0.943 bits per heavy atom. The van der Waals surface area contributed by atoms with Crippen molar-refractivity contribution < 1.29 is 23.9 Å². The highest BCUT2D eigenvalue weighted by atomic mass is 35.5. The van der Waals surface area contributed by atoms with E-state index in [4.69, 9.17) is 21.1 Å². The molecule has 0 saturated heterocycles. The van der Waals surface area contributed by atoms with Crippen LogP contribution >= 0.6 is 11.6 Å². The van der Waals surface area contributed by atoms with E-state index in [-0.39, 0.29) is 12.3 Å². The Kier molecular flexibility index (Phi) is 9.39. The van der Waals surface area contributed by atoms with Crippen molar-refractivity contribution in [2.45, 2.75) is 13.3 Å². The van der Waals surface area contributed by atoms with Gasteiger partial charge in [0.25, 0.3) is 11.8 Å². The summed E-state index contributed by atoms with van der Waals surface area (Å²) in [5.74, 6) is -0.530. The molecule has 9 heteroatoms. The molecule has 0 spiro atoms. The molecule has 2 amide bonds. The molecule has 3 aromatic carbocycles. The van der Waals surface area contributed by atoms with Gasteiger partial charge in [-0.15, -0.1) is 0 Å². The number of benzene rings is 3. The molecule has 0 radical (unpaired) electrons. The van der Waals surface area contributed by atoms with E-state index in [1.807, 2.05) is 6.92 Å². The van der Waals surface area contributed by atoms with Crippen LogP contribution in [-0.2, 0) is 4.79 Å². The maximum Gasteiger partial charge on any atom is 0.343 e. The number of ether oxygens (including phenoxy) is 2. The molecule has 35 heavy (non-hydrogen) atoms. The lowest BCUT2D eigenvalue weighted by molar-refractivity contribution is -0.120. The average molecular weight is 494 g/mol. The predicted octanol–water partition coefficient (Wildman–Crippen LogP) is 4.23. The zero-order valence-corrected chi connectivity index (χ0v) is 19.7. The Bertz CT molecular complexity index is 1190. The highest BCUT2D eigenvalue weighted by Gasteiger charge is 2.11. The summed E-state index contributed by atoms with van der Waals surface area (Å²) in [5.41, 5.74) is 3.55. The number of nitrogens with one attached hydrogen (secondary N) is 2. The molecular formula is C26H24ClN3O5. The Morgan fingerprint density at radius 2 is 1.63 bits per heavy atom. The van der Waals surface area contributed by atoms with Gasteiger partial charge in [-0.1, -0.05) is 30.7 Å². The second-order valence-electron chi connectivity index (χ2n) is 7.28. The number of nitrogens with zero attached hydrogens (tertiary/aromatic N) is 1. The van der Waals surface area contributed by atoms with Gasteiger partial charge < -0.3 is 14.8 Å². The molecule has 0 bridgehead atoms. The minimum absolute atomic E-state index is 0.266. The molecule has 0 fully saturated rings. The third kappa shape index (κ3) is 7.97. The molecule has 0 atom stereocenters. The second kappa shape index (κ2) is 12.9. The number of hydrogen-bond acceptors (Lipinski definition) is 6. The van der Waals surface area contributed by atoms with Crippen LogP contribution in [0.1, 0.15) is 39.6 Å². The third-order valence-electron chi connectivity index (χ3n) is 4.59. The first-order chi connectivity index (χ1) is 17.0. The summed E-state index contributed by atoms with van der Waals surface area (Å²) < 4.78 is 10.9. The predicted molar refractivity (Wildman–Crippen MR) is 133 cm³/mol. The molecule has 2 N–H and O–H groups in total. The fraction of sp³-hybridized carbons (Fsp3) is 0.154. The monoisotopic (exact) mass is 493 g/mol. The van der Waals surface area contributed by atoms with E-state index in [0.717, 1.165) is 6.42 Å². The van der Waals surface area contributed by atoms with Crippen LogP contribution in [0, 0.1) is 0 Å². The zero-order chi connectivity index (χ0) is 25.0. The largest absolute Gasteiger partial charge is 0.494 e. The molecule has 3 aromatic rings. The zero-order valence-electron chi connectivity index (χ0n) is 19.0. The Labute approximate surface area is 207 Å². The number of esters is 1. The third-order valence-corrected chi connectivity index (χ3v) is 4.85. The van der Waals surface area contributed by atoms with Gasteiger partial charge in [0.2, 0.25) is 0 Å². The summed E-state index contributed by atoms with van der Waals surface area (Å²) >= 11 is 5.84. The van der Waals surface area contributed by atoms with Crippen molar-refractivity contribution in [3.8, 4) is 11.5 Å². The second-order valence-corrected chi connectivity index (χ2v) is 7.72. The van der Waals surface area contributed by atoms with Gasteiger partial charge in [0, 0.05) is 16.1 Å². The number of para-hydroxylation sites is 1. The molecule has 0 saturated carbocycles. The van der Waals surface area contributed by atoms with E-state index in [9.17, 15) is 14.4 Å². The van der Waals surface area contributed by atoms with Gasteiger partial charge in [-0.2, -0.15) is 5.10 Å². The number of halogens is 1. The van der Waals surface area contributed by atoms with Gasteiger partial charge >= 0.3 is 5.97 Å². The minimum Gasteiger partial charge on any atom is -0.494 e. The van der Waals surface area contributed by atoms with Crippen LogP contribution < -0.4 is 20.2 Å². The van der Waals surface area contributed by atoms with E-state index in [2.05, 4.69) is 15.8 Å². The molecule has 0 aliphatic carbocycles. The van der Waals surface area contributed by atoms with Crippen molar-refractivity contribution in [2.75, 3.05) is 13.2 Å². The molecule has 0 aromatic heterocycles. The standard InChI is InChI=1S/C26H24ClN3O5/c1-2-15-34-22-13-9-18(10-14-22)25(32)28-17-24(31)30-29-16-20-5-3-4-6-23(20)35-26(33)19-7-11-21(27)12-8-19/h3-14,16H,2,15,17H2,1H3,(H,28,32)(H,30,31)/b29-16-. The maximum atomic E-state index is 12.4. The molecule has 0 heterocycles. The number of amides is 2. The average Bonchev–Trinajstić information content (AvgIpc) is 2.87. The SMILES string of the molecule is CCCOc1ccc(C(=O)NCC(=O)N/N=C\c2ccccc2OC(=O)c2ccc(Cl)cc2)cc1. The maximum absolute atomic E-state index is 12.4. The van der Waals surface area contributed by atoms with E-state index >= 15 is 0 Å². The number of carbonyl (C=O) groups excluding carboxylic acids is 3. The van der Waals surface area contributed by atoms with Crippen molar-refractivity contribution in [2.24, 2.45) is 5.10 Å². The Morgan fingerprint density at radius 3 is 2.34 bits per heavy atom. The fourth-order valence-electron chi connectivity index (χ4n) is 2.82. The van der Waals surface area contributed by atoms with Crippen LogP contribution in [-0.4, -0.2) is 37.1 Å². The summed E-state index contributed by atoms with van der Waals surface area (Å²) in [7, 11) is 0. The number of rotatable bonds is 10. The smallest absolute Gasteiger partial charge is 0.343 e. The molecule has 3 rings (SSSR count). The van der Waals surface area contributed by atoms with Gasteiger partial charge in [0.15, 0.2) is 0 Å². The van der Waals surface area contributed by atoms with Gasteiger partial charge in [-0.05, 0) is 67.1 Å². The first-order valence-corrected chi connectivity index (χ1v) is 11.2. The van der Waals surface area contributed by atoms with E-state index < -0.39 is 17.8 Å². The topological polar surface area (TPSA) is 106 Å². The first kappa shape index (κ1) is 25.5. The van der Waals surface area contributed by atoms with Crippen LogP contribution in [0.5, 0.6) is 11.5 Å². The van der Waals surface area contributed by atoms with Gasteiger partial charge in [-0.25, -0.2) is 10.2 Å². The van der Waals surface area contributed by atoms with E-state index in [1.165, 1.54) is 6.21 Å². The summed E-state index contributed by atoms with van der Waals surface area (Å²) in [4.78, 5) is 36.7. The highest BCUT2D eigenvalue weighted by molar-refractivity contribution is 6.30. The normalized spacial score (nSPS) is 10.6. The highest BCUT2D eigenvalue weighted by Crippen LogP contribution is 2.18. The van der Waals surface area contributed by atoms with E-state index in [0.29, 0.717) is 34.1 Å². The lowest BCUT2D eigenvalue weighted by atomic mass is 10.2. The summed E-state index contributed by atoms with van der Waals surface area (Å²) in [6, 6.07) is 19.7. The molecule has 0 aliphatic rings. The summed E-state index contributed by atoms with van der Waals surface area (Å²) in [6.07, 6.45) is 2.24. The van der Waals surface area contributed by atoms with Crippen molar-refractivity contribution in [1.82, 2.24) is 10.7 Å². The van der Waals surface area contributed by atoms with Crippen molar-refractivity contribution in [1.29, 1.82) is 0 Å². The molecular weight excluding hydrogens is 470 g/mol. The lowest BCUT2D eigenvalue weighted by Crippen LogP contribution is -2.34. The first-order valence-electron chi connectivity index (χ1n) is 10.9. The van der Waals surface area contributed by atoms with Crippen molar-refractivity contribution in [3.05, 3.63) is 94.5 Å². The number of hydrazone groups is 1. The quantitative estimate of drug-likeness (QED) is 0.190. The van der Waals surface area contributed by atoms with Crippen LogP contribution in [0.4, 0.5) is 0 Å². The fourth-order valence-corrected chi connectivity index (χ4v) is 2.95. The van der Waals surface area contributed by atoms with Crippen molar-refractivity contribution >= 4 is 35.6 Å². The van der Waals surface area contributed by atoms with Gasteiger partial charge in [0.05, 0.1) is 24.9 Å². The summed E-state index contributed by atoms with van der Waals surface area (Å²) in [6.45, 7) is 2.34. The number of hydrogen-bond donors (Lipinski definition) is 2. The van der Waals surface area contributed by atoms with Gasteiger partial charge in [0.1, 0.15) is 11.5 Å². The van der Waals surface area contributed by atoms with Crippen LogP contribution in [0.25, 0.3) is 0 Å². The summed E-state index contributed by atoms with van der Waals surface area (Å²) in [5, 5.41) is 6.92. The number of carbonyl (C=O) groups is 3. The molecule has 180 valence electrons. The molecule has 0 aliphatic heterocycles. The molecule has 0 unspecified atom stereocenters. The van der Waals surface area contributed by atoms with Crippen LogP contribution in [0.3, 0.4) is 0 Å². The van der Waals surface area contributed by atoms with Crippen LogP contribution in [0.15, 0.2) is 77.9 Å². The van der Waals surface area contributed by atoms with Gasteiger partial charge in [-0.3, -0.25) is 9.59 Å². The Balaban J connectivity index is 1.50.